The molecule has 11 nitrogen and oxygen atoms in total. The first kappa shape index (κ1) is 28.6. The van der Waals surface area contributed by atoms with E-state index in [-0.39, 0.29) is 47.8 Å². The second kappa shape index (κ2) is 9.59. The number of nitrogens with two attached hydrogens (primary N) is 1. The van der Waals surface area contributed by atoms with Crippen molar-refractivity contribution in [3.8, 4) is 0 Å². The van der Waals surface area contributed by atoms with Crippen LogP contribution in [0.3, 0.4) is 0 Å². The smallest absolute Gasteiger partial charge is 0.373 e. The molecule has 5 rings (SSSR count). The molecule has 7 atom stereocenters. The van der Waals surface area contributed by atoms with Gasteiger partial charge in [-0.25, -0.2) is 0 Å². The molecule has 1 spiro atoms. The lowest BCUT2D eigenvalue weighted by Crippen LogP contribution is -2.61. The van der Waals surface area contributed by atoms with Crippen LogP contribution in [0.4, 0.5) is 13.2 Å². The highest BCUT2D eigenvalue weighted by Gasteiger charge is 2.70. The van der Waals surface area contributed by atoms with Gasteiger partial charge in [-0.2, -0.15) is 13.2 Å². The molecule has 5 fully saturated rings. The van der Waals surface area contributed by atoms with Gasteiger partial charge in [0.15, 0.2) is 0 Å². The van der Waals surface area contributed by atoms with E-state index < -0.39 is 60.0 Å². The van der Waals surface area contributed by atoms with E-state index in [1.54, 1.807) is 5.32 Å². The van der Waals surface area contributed by atoms with E-state index in [9.17, 15) is 37.1 Å². The molecule has 2 aliphatic heterocycles. The Morgan fingerprint density at radius 3 is 2.35 bits per heavy atom. The second-order valence-electron chi connectivity index (χ2n) is 12.7. The summed E-state index contributed by atoms with van der Waals surface area (Å²) in [7, 11) is 0. The van der Waals surface area contributed by atoms with E-state index in [2.05, 4.69) is 10.6 Å². The summed E-state index contributed by atoms with van der Waals surface area (Å²) in [6, 6.07) is -3.94. The molecule has 0 aromatic heterocycles. The largest absolute Gasteiger partial charge is 0.471 e. The third-order valence-electron chi connectivity index (χ3n) is 9.40. The predicted molar refractivity (Wildman–Crippen MR) is 132 cm³/mol. The monoisotopic (exact) mass is 571 g/mol. The summed E-state index contributed by atoms with van der Waals surface area (Å²) in [6.07, 6.45) is -2.86. The van der Waals surface area contributed by atoms with Crippen molar-refractivity contribution >= 4 is 29.5 Å². The van der Waals surface area contributed by atoms with E-state index in [4.69, 9.17) is 10.5 Å². The van der Waals surface area contributed by atoms with Gasteiger partial charge in [0.25, 0.3) is 0 Å². The van der Waals surface area contributed by atoms with Crippen LogP contribution in [0.1, 0.15) is 59.3 Å². The normalized spacial score (nSPS) is 31.6. The number of amides is 5. The van der Waals surface area contributed by atoms with Gasteiger partial charge in [-0.15, -0.1) is 0 Å². The van der Waals surface area contributed by atoms with Crippen LogP contribution in [0.25, 0.3) is 0 Å². The zero-order valence-corrected chi connectivity index (χ0v) is 22.7. The van der Waals surface area contributed by atoms with E-state index in [1.807, 2.05) is 13.8 Å². The number of piperidine rings is 1. The Morgan fingerprint density at radius 2 is 1.82 bits per heavy atom. The number of halogens is 3. The van der Waals surface area contributed by atoms with Crippen molar-refractivity contribution < 1.29 is 41.9 Å². The molecule has 2 heterocycles. The summed E-state index contributed by atoms with van der Waals surface area (Å²) in [5.74, 6) is -5.77. The van der Waals surface area contributed by atoms with Crippen molar-refractivity contribution in [2.75, 3.05) is 6.54 Å². The summed E-state index contributed by atoms with van der Waals surface area (Å²) in [5.41, 5.74) is 5.02. The number of hydrogen-bond acceptors (Lipinski definition) is 6. The summed E-state index contributed by atoms with van der Waals surface area (Å²) >= 11 is 0. The molecule has 0 radical (unpaired) electrons. The maximum Gasteiger partial charge on any atom is 0.471 e. The predicted octanol–water partition coefficient (Wildman–Crippen LogP) is 0.113. The number of hydrogen-bond donors (Lipinski definition) is 4. The van der Waals surface area contributed by atoms with Gasteiger partial charge in [0.2, 0.25) is 23.6 Å². The van der Waals surface area contributed by atoms with E-state index in [0.29, 0.717) is 19.3 Å². The highest BCUT2D eigenvalue weighted by molar-refractivity contribution is 5.96. The first-order chi connectivity index (χ1) is 18.5. The molecule has 3 unspecified atom stereocenters. The first-order valence-electron chi connectivity index (χ1n) is 13.8. The Morgan fingerprint density at radius 1 is 1.18 bits per heavy atom. The van der Waals surface area contributed by atoms with Crippen LogP contribution in [0.5, 0.6) is 0 Å². The minimum absolute atomic E-state index is 0.00331. The Hall–Kier alpha value is -2.90. The number of rotatable bonds is 10. The Balaban J connectivity index is 1.33. The average Bonchev–Trinajstić information content (AvgIpc) is 3.79. The number of alkyl halides is 3. The van der Waals surface area contributed by atoms with E-state index in [0.717, 1.165) is 12.8 Å². The van der Waals surface area contributed by atoms with Crippen molar-refractivity contribution in [3.63, 3.8) is 0 Å². The SMILES string of the molecule is C[C@@H](OC1CC1)[C@H](NC(=O)C(F)(F)F)C(=O)N1CC2C(C1C(=O)N[C@@H](C[C@@H]1CC3(CC3)NC1=O)C(N)=O)C2(C)C. The van der Waals surface area contributed by atoms with Crippen molar-refractivity contribution in [3.05, 3.63) is 0 Å². The van der Waals surface area contributed by atoms with Crippen molar-refractivity contribution in [1.82, 2.24) is 20.9 Å². The average molecular weight is 572 g/mol. The highest BCUT2D eigenvalue weighted by atomic mass is 19.4. The fraction of sp³-hybridized carbons (Fsp3) is 0.808. The highest BCUT2D eigenvalue weighted by Crippen LogP contribution is 2.65. The minimum atomic E-state index is -5.22. The third-order valence-corrected chi connectivity index (χ3v) is 9.40. The Kier molecular flexibility index (Phi) is 6.86. The molecule has 0 bridgehead atoms. The fourth-order valence-corrected chi connectivity index (χ4v) is 6.62. The lowest BCUT2D eigenvalue weighted by atomic mass is 9.94. The summed E-state index contributed by atoms with van der Waals surface area (Å²) in [4.78, 5) is 65.1. The van der Waals surface area contributed by atoms with Gasteiger partial charge in [0.1, 0.15) is 18.1 Å². The standard InChI is InChI=1S/C26H36F3N5O6/c1-11(40-13-4-5-13)17(32-23(39)26(27,28)29)22(38)34-10-14-16(24(14,2)3)18(34)21(37)31-15(19(30)35)8-12-9-25(6-7-25)33-20(12)36/h11-18H,4-10H2,1-3H3,(H2,30,35)(H,31,37)(H,32,39)(H,33,36)/t11-,12-,14?,15+,16?,17+,18?/m1/s1. The number of nitrogens with zero attached hydrogens (tertiary/aromatic N) is 1. The molecular weight excluding hydrogens is 535 g/mol. The van der Waals surface area contributed by atoms with Crippen LogP contribution < -0.4 is 21.7 Å². The first-order valence-corrected chi connectivity index (χ1v) is 13.8. The number of ether oxygens (including phenoxy) is 1. The van der Waals surface area contributed by atoms with Crippen molar-refractivity contribution in [1.29, 1.82) is 0 Å². The van der Waals surface area contributed by atoms with Gasteiger partial charge in [-0.1, -0.05) is 13.8 Å². The molecule has 3 saturated carbocycles. The molecular formula is C26H36F3N5O6. The number of likely N-dealkylation sites (tertiary alicyclic amines) is 1. The fourth-order valence-electron chi connectivity index (χ4n) is 6.62. The molecule has 5 aliphatic rings. The molecule has 14 heteroatoms. The van der Waals surface area contributed by atoms with Crippen molar-refractivity contribution in [2.24, 2.45) is 28.9 Å². The van der Waals surface area contributed by atoms with Crippen LogP contribution in [-0.4, -0.2) is 83.0 Å². The van der Waals surface area contributed by atoms with E-state index >= 15 is 0 Å². The summed E-state index contributed by atoms with van der Waals surface area (Å²) in [5, 5.41) is 7.33. The number of carbonyl (C=O) groups excluding carboxylic acids is 5. The Bertz CT molecular complexity index is 1120. The van der Waals surface area contributed by atoms with Gasteiger partial charge >= 0.3 is 12.1 Å². The van der Waals surface area contributed by atoms with Crippen LogP contribution in [0, 0.1) is 23.2 Å². The maximum absolute atomic E-state index is 13.7. The number of primary amides is 1. The lowest BCUT2D eigenvalue weighted by molar-refractivity contribution is -0.176. The zero-order valence-electron chi connectivity index (χ0n) is 22.7. The molecule has 40 heavy (non-hydrogen) atoms. The van der Waals surface area contributed by atoms with Crippen LogP contribution in [0.2, 0.25) is 0 Å². The number of nitrogens with one attached hydrogen (secondary N) is 3. The third kappa shape index (κ3) is 5.38. The quantitative estimate of drug-likeness (QED) is 0.291. The molecule has 5 N–H and O–H groups in total. The second-order valence-corrected chi connectivity index (χ2v) is 12.7. The van der Waals surface area contributed by atoms with E-state index in [1.165, 1.54) is 11.8 Å². The zero-order chi connectivity index (χ0) is 29.4. The maximum atomic E-state index is 13.7. The van der Waals surface area contributed by atoms with Crippen molar-refractivity contribution in [2.45, 2.75) is 101 Å². The van der Waals surface area contributed by atoms with Gasteiger partial charge in [0, 0.05) is 18.0 Å². The van der Waals surface area contributed by atoms with Crippen LogP contribution >= 0.6 is 0 Å². The molecule has 3 aliphatic carbocycles. The lowest BCUT2D eigenvalue weighted by Gasteiger charge is -2.35. The summed E-state index contributed by atoms with van der Waals surface area (Å²) in [6.45, 7) is 5.36. The Labute approximate surface area is 229 Å². The topological polar surface area (TPSA) is 160 Å². The summed E-state index contributed by atoms with van der Waals surface area (Å²) < 4.78 is 45.0. The van der Waals surface area contributed by atoms with Crippen LogP contribution in [0.15, 0.2) is 0 Å². The molecule has 0 aromatic rings. The molecule has 5 amide bonds. The van der Waals surface area contributed by atoms with Gasteiger partial charge in [-0.3, -0.25) is 24.0 Å². The van der Waals surface area contributed by atoms with Crippen LogP contribution in [-0.2, 0) is 28.7 Å². The molecule has 0 aromatic carbocycles. The van der Waals surface area contributed by atoms with Gasteiger partial charge < -0.3 is 31.3 Å². The number of fused-ring (bicyclic) bond motifs is 1. The molecule has 2 saturated heterocycles. The van der Waals surface area contributed by atoms with Gasteiger partial charge in [-0.05, 0) is 62.7 Å². The number of carbonyl (C=O) groups is 5. The minimum Gasteiger partial charge on any atom is -0.373 e. The van der Waals surface area contributed by atoms with Gasteiger partial charge in [0.05, 0.1) is 12.2 Å². The molecule has 222 valence electrons.